The molecule has 0 aliphatic carbocycles. The van der Waals surface area contributed by atoms with Gasteiger partial charge in [-0.2, -0.15) is 0 Å². The van der Waals surface area contributed by atoms with E-state index in [-0.39, 0.29) is 5.54 Å². The van der Waals surface area contributed by atoms with Crippen molar-refractivity contribution in [1.82, 2.24) is 10.3 Å². The van der Waals surface area contributed by atoms with Crippen LogP contribution < -0.4 is 5.32 Å². The first-order valence-electron chi connectivity index (χ1n) is 5.08. The highest BCUT2D eigenvalue weighted by Gasteiger charge is 2.10. The van der Waals surface area contributed by atoms with Gasteiger partial charge >= 0.3 is 0 Å². The molecule has 14 heavy (non-hydrogen) atoms. The quantitative estimate of drug-likeness (QED) is 0.832. The van der Waals surface area contributed by atoms with Crippen LogP contribution in [-0.2, 0) is 6.54 Å². The van der Waals surface area contributed by atoms with Gasteiger partial charge in [0.2, 0.25) is 0 Å². The van der Waals surface area contributed by atoms with Gasteiger partial charge in [-0.3, -0.25) is 0 Å². The first-order chi connectivity index (χ1) is 6.38. The molecule has 1 aromatic rings. The monoisotopic (exact) mass is 212 g/mol. The first-order valence-corrected chi connectivity index (χ1v) is 5.90. The molecule has 0 fully saturated rings. The van der Waals surface area contributed by atoms with Crippen molar-refractivity contribution in [1.29, 1.82) is 0 Å². The van der Waals surface area contributed by atoms with E-state index in [2.05, 4.69) is 44.9 Å². The number of nitrogens with one attached hydrogen (secondary N) is 1. The maximum Gasteiger partial charge on any atom is 0.0953 e. The van der Waals surface area contributed by atoms with Crippen LogP contribution in [0.5, 0.6) is 0 Å². The Balaban J connectivity index is 2.52. The van der Waals surface area contributed by atoms with Crippen LogP contribution in [0.4, 0.5) is 0 Å². The van der Waals surface area contributed by atoms with E-state index in [0.717, 1.165) is 6.54 Å². The van der Waals surface area contributed by atoms with E-state index >= 15 is 0 Å². The van der Waals surface area contributed by atoms with Crippen LogP contribution in [0, 0.1) is 0 Å². The Morgan fingerprint density at radius 1 is 1.43 bits per heavy atom. The zero-order valence-corrected chi connectivity index (χ0v) is 10.5. The van der Waals surface area contributed by atoms with Crippen molar-refractivity contribution >= 4 is 11.3 Å². The fourth-order valence-electron chi connectivity index (χ4n) is 1.02. The van der Waals surface area contributed by atoms with Crippen LogP contribution in [0.3, 0.4) is 0 Å². The van der Waals surface area contributed by atoms with Gasteiger partial charge in [0.25, 0.3) is 0 Å². The third-order valence-corrected chi connectivity index (χ3v) is 3.16. The van der Waals surface area contributed by atoms with E-state index in [4.69, 9.17) is 0 Å². The molecule has 3 heteroatoms. The Morgan fingerprint density at radius 3 is 2.50 bits per heavy atom. The van der Waals surface area contributed by atoms with Crippen LogP contribution in [0.25, 0.3) is 0 Å². The molecule has 0 atom stereocenters. The highest BCUT2D eigenvalue weighted by atomic mass is 32.1. The van der Waals surface area contributed by atoms with Gasteiger partial charge in [-0.1, -0.05) is 13.8 Å². The first kappa shape index (κ1) is 11.7. The molecule has 0 amide bonds. The molecule has 1 N–H and O–H groups in total. The topological polar surface area (TPSA) is 24.9 Å². The highest BCUT2D eigenvalue weighted by molar-refractivity contribution is 7.11. The zero-order valence-electron chi connectivity index (χ0n) is 9.72. The van der Waals surface area contributed by atoms with Crippen LogP contribution in [0.15, 0.2) is 6.20 Å². The van der Waals surface area contributed by atoms with Crippen molar-refractivity contribution in [3.8, 4) is 0 Å². The van der Waals surface area contributed by atoms with Gasteiger partial charge in [0.1, 0.15) is 0 Å². The van der Waals surface area contributed by atoms with Gasteiger partial charge in [0.05, 0.1) is 5.01 Å². The average Bonchev–Trinajstić information content (AvgIpc) is 2.47. The lowest BCUT2D eigenvalue weighted by Crippen LogP contribution is -2.34. The number of aromatic nitrogens is 1. The minimum absolute atomic E-state index is 0.183. The maximum atomic E-state index is 4.39. The second kappa shape index (κ2) is 4.41. The van der Waals surface area contributed by atoms with E-state index in [1.165, 1.54) is 9.88 Å². The molecule has 1 aromatic heterocycles. The van der Waals surface area contributed by atoms with Gasteiger partial charge in [-0.15, -0.1) is 11.3 Å². The van der Waals surface area contributed by atoms with Crippen molar-refractivity contribution in [3.05, 3.63) is 16.1 Å². The van der Waals surface area contributed by atoms with Crippen LogP contribution in [0.1, 0.15) is 50.4 Å². The minimum atomic E-state index is 0.183. The van der Waals surface area contributed by atoms with Crippen LogP contribution in [0.2, 0.25) is 0 Å². The Hall–Kier alpha value is -0.410. The number of nitrogens with zero attached hydrogens (tertiary/aromatic N) is 1. The summed E-state index contributed by atoms with van der Waals surface area (Å²) in [5, 5.41) is 4.69. The summed E-state index contributed by atoms with van der Waals surface area (Å²) in [6.45, 7) is 11.8. The maximum absolute atomic E-state index is 4.39. The molecule has 1 heterocycles. The summed E-state index contributed by atoms with van der Waals surface area (Å²) in [7, 11) is 0. The largest absolute Gasteiger partial charge is 0.307 e. The lowest BCUT2D eigenvalue weighted by Gasteiger charge is -2.19. The summed E-state index contributed by atoms with van der Waals surface area (Å²) >= 11 is 1.81. The average molecular weight is 212 g/mol. The minimum Gasteiger partial charge on any atom is -0.307 e. The second-order valence-electron chi connectivity index (χ2n) is 4.92. The fourth-order valence-corrected chi connectivity index (χ4v) is 1.88. The second-order valence-corrected chi connectivity index (χ2v) is 6.07. The lowest BCUT2D eigenvalue weighted by atomic mass is 10.1. The van der Waals surface area contributed by atoms with Crippen molar-refractivity contribution in [2.24, 2.45) is 0 Å². The molecule has 1 rings (SSSR count). The van der Waals surface area contributed by atoms with Gasteiger partial charge < -0.3 is 5.32 Å². The summed E-state index contributed by atoms with van der Waals surface area (Å²) in [6.07, 6.45) is 1.98. The number of rotatable bonds is 3. The molecule has 2 nitrogen and oxygen atoms in total. The molecule has 0 aromatic carbocycles. The molecule has 0 aliphatic rings. The molecule has 0 bridgehead atoms. The van der Waals surface area contributed by atoms with Gasteiger partial charge in [-0.25, -0.2) is 4.98 Å². The van der Waals surface area contributed by atoms with E-state index in [9.17, 15) is 0 Å². The number of hydrogen-bond donors (Lipinski definition) is 1. The van der Waals surface area contributed by atoms with E-state index in [1.54, 1.807) is 0 Å². The predicted octanol–water partition coefficient (Wildman–Crippen LogP) is 3.15. The smallest absolute Gasteiger partial charge is 0.0953 e. The summed E-state index contributed by atoms with van der Waals surface area (Å²) in [4.78, 5) is 5.72. The molecule has 0 aliphatic heterocycles. The van der Waals surface area contributed by atoms with Crippen molar-refractivity contribution < 1.29 is 0 Å². The molecule has 0 radical (unpaired) electrons. The van der Waals surface area contributed by atoms with Gasteiger partial charge in [-0.05, 0) is 20.8 Å². The SMILES string of the molecule is CC(C)c1ncc(CNC(C)(C)C)s1. The van der Waals surface area contributed by atoms with Gasteiger partial charge in [0.15, 0.2) is 0 Å². The third kappa shape index (κ3) is 3.76. The van der Waals surface area contributed by atoms with Crippen molar-refractivity contribution in [2.45, 2.75) is 52.6 Å². The summed E-state index contributed by atoms with van der Waals surface area (Å²) in [5.74, 6) is 0.545. The molecule has 0 unspecified atom stereocenters. The summed E-state index contributed by atoms with van der Waals surface area (Å²) in [5.41, 5.74) is 0.183. The molecule has 0 saturated carbocycles. The van der Waals surface area contributed by atoms with Crippen LogP contribution >= 0.6 is 11.3 Å². The lowest BCUT2D eigenvalue weighted by molar-refractivity contribution is 0.426. The Morgan fingerprint density at radius 2 is 2.07 bits per heavy atom. The Labute approximate surface area is 90.8 Å². The Kier molecular flexibility index (Phi) is 3.67. The highest BCUT2D eigenvalue weighted by Crippen LogP contribution is 2.21. The predicted molar refractivity (Wildman–Crippen MR) is 62.8 cm³/mol. The molecule has 0 saturated heterocycles. The summed E-state index contributed by atoms with van der Waals surface area (Å²) < 4.78 is 0. The molecular formula is C11H20N2S. The third-order valence-electron chi connectivity index (χ3n) is 1.86. The van der Waals surface area contributed by atoms with Gasteiger partial charge in [0, 0.05) is 29.1 Å². The van der Waals surface area contributed by atoms with E-state index in [1.807, 2.05) is 17.5 Å². The van der Waals surface area contributed by atoms with E-state index < -0.39 is 0 Å². The van der Waals surface area contributed by atoms with Crippen molar-refractivity contribution in [3.63, 3.8) is 0 Å². The van der Waals surface area contributed by atoms with Crippen LogP contribution in [-0.4, -0.2) is 10.5 Å². The van der Waals surface area contributed by atoms with Crippen molar-refractivity contribution in [2.75, 3.05) is 0 Å². The zero-order chi connectivity index (χ0) is 10.8. The molecule has 0 spiro atoms. The fraction of sp³-hybridized carbons (Fsp3) is 0.727. The normalized spacial score (nSPS) is 12.4. The summed E-state index contributed by atoms with van der Waals surface area (Å²) in [6, 6.07) is 0. The number of hydrogen-bond acceptors (Lipinski definition) is 3. The molecule has 80 valence electrons. The molecular weight excluding hydrogens is 192 g/mol. The Bertz CT molecular complexity index is 284. The van der Waals surface area contributed by atoms with E-state index in [0.29, 0.717) is 5.92 Å². The standard InChI is InChI=1S/C11H20N2S/c1-8(2)10-12-6-9(14-10)7-13-11(3,4)5/h6,8,13H,7H2,1-5H3. The number of thiazole rings is 1.